The Morgan fingerprint density at radius 2 is 2.00 bits per heavy atom. The number of urea groups is 1. The van der Waals surface area contributed by atoms with Crippen LogP contribution in [-0.4, -0.2) is 29.7 Å². The Bertz CT molecular complexity index is 319. The monoisotopic (exact) mass is 240 g/mol. The predicted molar refractivity (Wildman–Crippen MR) is 62.6 cm³/mol. The molecule has 0 saturated heterocycles. The predicted octanol–water partition coefficient (Wildman–Crippen LogP) is 1.19. The van der Waals surface area contributed by atoms with Gasteiger partial charge in [0.15, 0.2) is 0 Å². The zero-order valence-electron chi connectivity index (χ0n) is 10.1. The Balaban J connectivity index is 1.94. The fourth-order valence-electron chi connectivity index (χ4n) is 3.30. The van der Waals surface area contributed by atoms with Crippen LogP contribution in [0.4, 0.5) is 4.79 Å². The maximum absolute atomic E-state index is 11.6. The van der Waals surface area contributed by atoms with Gasteiger partial charge < -0.3 is 15.7 Å². The zero-order valence-corrected chi connectivity index (χ0v) is 10.1. The van der Waals surface area contributed by atoms with Gasteiger partial charge in [0.2, 0.25) is 0 Å². The highest BCUT2D eigenvalue weighted by Crippen LogP contribution is 2.48. The molecular weight excluding hydrogens is 220 g/mol. The number of nitrogens with one attached hydrogen (secondary N) is 2. The summed E-state index contributed by atoms with van der Waals surface area (Å²) in [7, 11) is 0. The first-order chi connectivity index (χ1) is 8.13. The van der Waals surface area contributed by atoms with Crippen LogP contribution in [0.5, 0.6) is 0 Å². The summed E-state index contributed by atoms with van der Waals surface area (Å²) in [4.78, 5) is 22.8. The Morgan fingerprint density at radius 1 is 1.29 bits per heavy atom. The molecule has 2 aliphatic rings. The summed E-state index contributed by atoms with van der Waals surface area (Å²) in [6.07, 6.45) is 3.88. The standard InChI is InChI=1S/C12H20N2O3/c1-2-5-13-12(17)14-10-8-4-3-7(6-8)9(10)11(15)16/h7-10H,2-6H2,1H3,(H,15,16)(H2,13,14,17). The normalized spacial score (nSPS) is 34.6. The van der Waals surface area contributed by atoms with Crippen LogP contribution in [0.2, 0.25) is 0 Å². The lowest BCUT2D eigenvalue weighted by molar-refractivity contribution is -0.144. The summed E-state index contributed by atoms with van der Waals surface area (Å²) >= 11 is 0. The van der Waals surface area contributed by atoms with Gasteiger partial charge in [-0.1, -0.05) is 6.92 Å². The van der Waals surface area contributed by atoms with Crippen molar-refractivity contribution in [3.8, 4) is 0 Å². The molecule has 0 aliphatic heterocycles. The molecule has 4 unspecified atom stereocenters. The molecule has 5 nitrogen and oxygen atoms in total. The second kappa shape index (κ2) is 4.94. The molecule has 0 aromatic carbocycles. The molecule has 2 saturated carbocycles. The molecule has 3 N–H and O–H groups in total. The number of carbonyl (C=O) groups is 2. The minimum Gasteiger partial charge on any atom is -0.481 e. The molecular formula is C12H20N2O3. The van der Waals surface area contributed by atoms with Gasteiger partial charge in [0, 0.05) is 12.6 Å². The topological polar surface area (TPSA) is 78.4 Å². The van der Waals surface area contributed by atoms with Gasteiger partial charge in [0.1, 0.15) is 0 Å². The molecule has 0 aromatic rings. The van der Waals surface area contributed by atoms with E-state index in [1.165, 1.54) is 0 Å². The van der Waals surface area contributed by atoms with E-state index < -0.39 is 5.97 Å². The minimum absolute atomic E-state index is 0.178. The summed E-state index contributed by atoms with van der Waals surface area (Å²) in [6, 6.07) is -0.404. The maximum Gasteiger partial charge on any atom is 0.315 e. The van der Waals surface area contributed by atoms with Crippen molar-refractivity contribution in [2.24, 2.45) is 17.8 Å². The molecule has 4 atom stereocenters. The van der Waals surface area contributed by atoms with Crippen LogP contribution in [0.3, 0.4) is 0 Å². The molecule has 2 rings (SSSR count). The average molecular weight is 240 g/mol. The molecule has 2 fully saturated rings. The molecule has 0 spiro atoms. The number of aliphatic carboxylic acids is 1. The first-order valence-corrected chi connectivity index (χ1v) is 6.40. The lowest BCUT2D eigenvalue weighted by atomic mass is 9.84. The quantitative estimate of drug-likeness (QED) is 0.690. The van der Waals surface area contributed by atoms with Gasteiger partial charge >= 0.3 is 12.0 Å². The molecule has 2 aliphatic carbocycles. The number of carbonyl (C=O) groups excluding carboxylic acids is 1. The Hall–Kier alpha value is -1.26. The van der Waals surface area contributed by atoms with Crippen LogP contribution in [0.1, 0.15) is 32.6 Å². The number of fused-ring (bicyclic) bond motifs is 2. The highest BCUT2D eigenvalue weighted by Gasteiger charge is 2.51. The molecule has 0 radical (unpaired) electrons. The number of hydrogen-bond donors (Lipinski definition) is 3. The van der Waals surface area contributed by atoms with Crippen LogP contribution in [0.25, 0.3) is 0 Å². The molecule has 5 heteroatoms. The first-order valence-electron chi connectivity index (χ1n) is 6.40. The Labute approximate surface area is 101 Å². The van der Waals surface area contributed by atoms with Gasteiger partial charge in [-0.05, 0) is 37.5 Å². The van der Waals surface area contributed by atoms with Gasteiger partial charge in [0.25, 0.3) is 0 Å². The van der Waals surface area contributed by atoms with Crippen molar-refractivity contribution in [1.29, 1.82) is 0 Å². The van der Waals surface area contributed by atoms with E-state index in [0.717, 1.165) is 25.7 Å². The summed E-state index contributed by atoms with van der Waals surface area (Å²) in [6.45, 7) is 2.61. The molecule has 2 amide bonds. The third-order valence-corrected chi connectivity index (χ3v) is 4.03. The zero-order chi connectivity index (χ0) is 12.4. The van der Waals surface area contributed by atoms with E-state index >= 15 is 0 Å². The minimum atomic E-state index is -0.766. The number of rotatable bonds is 4. The van der Waals surface area contributed by atoms with Crippen molar-refractivity contribution in [1.82, 2.24) is 10.6 Å². The van der Waals surface area contributed by atoms with Crippen LogP contribution < -0.4 is 10.6 Å². The average Bonchev–Trinajstić information content (AvgIpc) is 2.86. The van der Waals surface area contributed by atoms with Crippen molar-refractivity contribution in [2.75, 3.05) is 6.54 Å². The highest BCUT2D eigenvalue weighted by molar-refractivity contribution is 5.77. The van der Waals surface area contributed by atoms with Gasteiger partial charge in [-0.2, -0.15) is 0 Å². The van der Waals surface area contributed by atoms with Gasteiger partial charge in [-0.25, -0.2) is 4.79 Å². The van der Waals surface area contributed by atoms with Gasteiger partial charge in [-0.3, -0.25) is 4.79 Å². The summed E-state index contributed by atoms with van der Waals surface area (Å²) in [5.74, 6) is -0.540. The molecule has 0 aromatic heterocycles. The highest BCUT2D eigenvalue weighted by atomic mass is 16.4. The maximum atomic E-state index is 11.6. The second-order valence-electron chi connectivity index (χ2n) is 5.12. The van der Waals surface area contributed by atoms with Crippen LogP contribution >= 0.6 is 0 Å². The first kappa shape index (κ1) is 12.2. The Kier molecular flexibility index (Phi) is 3.54. The van der Waals surface area contributed by atoms with Crippen molar-refractivity contribution >= 4 is 12.0 Å². The Morgan fingerprint density at radius 3 is 2.65 bits per heavy atom. The molecule has 96 valence electrons. The number of amides is 2. The van der Waals surface area contributed by atoms with E-state index in [2.05, 4.69) is 10.6 Å². The van der Waals surface area contributed by atoms with E-state index in [9.17, 15) is 14.7 Å². The summed E-state index contributed by atoms with van der Waals surface area (Å²) in [5.41, 5.74) is 0. The van der Waals surface area contributed by atoms with Gasteiger partial charge in [-0.15, -0.1) is 0 Å². The fraction of sp³-hybridized carbons (Fsp3) is 0.833. The van der Waals surface area contributed by atoms with Gasteiger partial charge in [0.05, 0.1) is 5.92 Å². The third kappa shape index (κ3) is 2.37. The fourth-order valence-corrected chi connectivity index (χ4v) is 3.30. The van der Waals surface area contributed by atoms with Crippen molar-refractivity contribution in [3.63, 3.8) is 0 Å². The number of carboxylic acids is 1. The van der Waals surface area contributed by atoms with Crippen LogP contribution in [-0.2, 0) is 4.79 Å². The van der Waals surface area contributed by atoms with E-state index in [1.54, 1.807) is 0 Å². The third-order valence-electron chi connectivity index (χ3n) is 4.03. The van der Waals surface area contributed by atoms with Crippen LogP contribution in [0, 0.1) is 17.8 Å². The van der Waals surface area contributed by atoms with Crippen molar-refractivity contribution in [3.05, 3.63) is 0 Å². The smallest absolute Gasteiger partial charge is 0.315 e. The molecule has 2 bridgehead atoms. The van der Waals surface area contributed by atoms with Crippen molar-refractivity contribution < 1.29 is 14.7 Å². The number of hydrogen-bond acceptors (Lipinski definition) is 2. The largest absolute Gasteiger partial charge is 0.481 e. The number of carboxylic acid groups (broad SMARTS) is 1. The second-order valence-corrected chi connectivity index (χ2v) is 5.12. The van der Waals surface area contributed by atoms with E-state index in [4.69, 9.17) is 0 Å². The summed E-state index contributed by atoms with van der Waals surface area (Å²) in [5, 5.41) is 14.8. The van der Waals surface area contributed by atoms with E-state index in [1.807, 2.05) is 6.92 Å². The SMILES string of the molecule is CCCNC(=O)NC1C2CCC(C2)C1C(=O)O. The lowest BCUT2D eigenvalue weighted by Gasteiger charge is -2.28. The van der Waals surface area contributed by atoms with Crippen molar-refractivity contribution in [2.45, 2.75) is 38.6 Å². The molecule has 17 heavy (non-hydrogen) atoms. The lowest BCUT2D eigenvalue weighted by Crippen LogP contribution is -2.50. The van der Waals surface area contributed by atoms with E-state index in [0.29, 0.717) is 12.5 Å². The molecule has 0 heterocycles. The van der Waals surface area contributed by atoms with E-state index in [-0.39, 0.29) is 23.9 Å². The summed E-state index contributed by atoms with van der Waals surface area (Å²) < 4.78 is 0. The van der Waals surface area contributed by atoms with Crippen LogP contribution in [0.15, 0.2) is 0 Å².